The molecule has 6 nitrogen and oxygen atoms in total. The summed E-state index contributed by atoms with van der Waals surface area (Å²) in [5.41, 5.74) is 5.15. The number of hydrogen-bond acceptors (Lipinski definition) is 6. The molecule has 108 valence electrons. The molecule has 19 heavy (non-hydrogen) atoms. The summed E-state index contributed by atoms with van der Waals surface area (Å²) in [6.07, 6.45) is -0.679. The fourth-order valence-electron chi connectivity index (χ4n) is 1.32. The van der Waals surface area contributed by atoms with E-state index in [-0.39, 0.29) is 22.9 Å². The second-order valence-corrected chi connectivity index (χ2v) is 6.53. The Labute approximate surface area is 117 Å². The Balaban J connectivity index is 2.50. The van der Waals surface area contributed by atoms with E-state index in [1.165, 1.54) is 11.3 Å². The zero-order valence-electron chi connectivity index (χ0n) is 11.7. The molecule has 0 bridgehead atoms. The molecule has 4 N–H and O–H groups in total. The number of ether oxygens (including phenoxy) is 1. The standard InChI is InChI=1S/C12H21N3O3S/c1-7-15-11(9(19-7)10(13)17)18-6-8(16)5-14-12(2,3)4/h8,14,16H,5-6H2,1-4H3,(H2,13,17)/t8-/m0/s1. The Kier molecular flexibility index (Phi) is 5.28. The topological polar surface area (TPSA) is 97.5 Å². The summed E-state index contributed by atoms with van der Waals surface area (Å²) in [5, 5.41) is 13.6. The minimum Gasteiger partial charge on any atom is -0.474 e. The number of thiazole rings is 1. The van der Waals surface area contributed by atoms with Gasteiger partial charge >= 0.3 is 0 Å². The van der Waals surface area contributed by atoms with Crippen LogP contribution in [0.2, 0.25) is 0 Å². The lowest BCUT2D eigenvalue weighted by Crippen LogP contribution is -2.42. The van der Waals surface area contributed by atoms with Crippen molar-refractivity contribution in [3.8, 4) is 5.88 Å². The molecule has 0 aliphatic heterocycles. The molecular formula is C12H21N3O3S. The van der Waals surface area contributed by atoms with Gasteiger partial charge in [0.1, 0.15) is 12.7 Å². The highest BCUT2D eigenvalue weighted by molar-refractivity contribution is 7.13. The highest BCUT2D eigenvalue weighted by Gasteiger charge is 2.18. The van der Waals surface area contributed by atoms with Crippen molar-refractivity contribution in [3.05, 3.63) is 9.88 Å². The second kappa shape index (κ2) is 6.31. The largest absolute Gasteiger partial charge is 0.474 e. The third-order valence-corrected chi connectivity index (χ3v) is 3.17. The SMILES string of the molecule is Cc1nc(OC[C@@H](O)CNC(C)(C)C)c(C(N)=O)s1. The Morgan fingerprint density at radius 1 is 1.58 bits per heavy atom. The average Bonchev–Trinajstić information content (AvgIpc) is 2.64. The fraction of sp³-hybridized carbons (Fsp3) is 0.667. The molecule has 1 rings (SSSR count). The number of rotatable bonds is 6. The number of nitrogens with zero attached hydrogens (tertiary/aromatic N) is 1. The zero-order chi connectivity index (χ0) is 14.6. The van der Waals surface area contributed by atoms with Crippen molar-refractivity contribution in [2.45, 2.75) is 39.3 Å². The number of carbonyl (C=O) groups is 1. The van der Waals surface area contributed by atoms with Crippen LogP contribution in [-0.4, -0.2) is 40.8 Å². The second-order valence-electron chi connectivity index (χ2n) is 5.33. The van der Waals surface area contributed by atoms with Crippen molar-refractivity contribution < 1.29 is 14.6 Å². The third-order valence-electron chi connectivity index (χ3n) is 2.21. The number of β-amino-alcohol motifs (C(OH)–C–C–N with tert-alkyl or cyclic N) is 1. The van der Waals surface area contributed by atoms with E-state index in [0.717, 1.165) is 0 Å². The van der Waals surface area contributed by atoms with Crippen LogP contribution in [0.1, 0.15) is 35.5 Å². The molecule has 1 aromatic rings. The summed E-state index contributed by atoms with van der Waals surface area (Å²) in [6.45, 7) is 8.26. The van der Waals surface area contributed by atoms with Crippen LogP contribution in [0.15, 0.2) is 0 Å². The molecule has 0 aromatic carbocycles. The fourth-order valence-corrected chi connectivity index (χ4v) is 2.04. The predicted octanol–water partition coefficient (Wildman–Crippen LogP) is 0.678. The zero-order valence-corrected chi connectivity index (χ0v) is 12.5. The molecule has 1 heterocycles. The van der Waals surface area contributed by atoms with E-state index in [1.807, 2.05) is 20.8 Å². The number of amides is 1. The van der Waals surface area contributed by atoms with Crippen LogP contribution in [0, 0.1) is 6.92 Å². The van der Waals surface area contributed by atoms with Gasteiger partial charge in [0.25, 0.3) is 5.91 Å². The summed E-state index contributed by atoms with van der Waals surface area (Å²) >= 11 is 1.18. The Bertz CT molecular complexity index is 440. The molecule has 7 heteroatoms. The third kappa shape index (κ3) is 5.54. The summed E-state index contributed by atoms with van der Waals surface area (Å²) in [7, 11) is 0. The molecule has 0 unspecified atom stereocenters. The predicted molar refractivity (Wildman–Crippen MR) is 74.6 cm³/mol. The van der Waals surface area contributed by atoms with E-state index in [4.69, 9.17) is 10.5 Å². The number of aliphatic hydroxyl groups excluding tert-OH is 1. The summed E-state index contributed by atoms with van der Waals surface area (Å²) in [5.74, 6) is -0.368. The molecule has 1 atom stereocenters. The first-order valence-electron chi connectivity index (χ1n) is 6.02. The van der Waals surface area contributed by atoms with Crippen molar-refractivity contribution in [1.82, 2.24) is 10.3 Å². The molecule has 1 aromatic heterocycles. The van der Waals surface area contributed by atoms with Gasteiger partial charge in [0.2, 0.25) is 5.88 Å². The Hall–Kier alpha value is -1.18. The van der Waals surface area contributed by atoms with E-state index >= 15 is 0 Å². The summed E-state index contributed by atoms with van der Waals surface area (Å²) < 4.78 is 5.35. The van der Waals surface area contributed by atoms with Gasteiger partial charge < -0.3 is 20.9 Å². The maximum atomic E-state index is 11.2. The molecular weight excluding hydrogens is 266 g/mol. The number of nitrogens with one attached hydrogen (secondary N) is 1. The van der Waals surface area contributed by atoms with Gasteiger partial charge in [0.05, 0.1) is 5.01 Å². The molecule has 0 spiro atoms. The number of aryl methyl sites for hydroxylation is 1. The minimum atomic E-state index is -0.679. The molecule has 0 aliphatic carbocycles. The van der Waals surface area contributed by atoms with Crippen LogP contribution >= 0.6 is 11.3 Å². The number of primary amides is 1. The van der Waals surface area contributed by atoms with Gasteiger partial charge in [-0.05, 0) is 27.7 Å². The summed E-state index contributed by atoms with van der Waals surface area (Å²) in [4.78, 5) is 15.5. The maximum absolute atomic E-state index is 11.2. The van der Waals surface area contributed by atoms with E-state index in [2.05, 4.69) is 10.3 Å². The van der Waals surface area contributed by atoms with Gasteiger partial charge in [-0.25, -0.2) is 4.98 Å². The van der Waals surface area contributed by atoms with Crippen molar-refractivity contribution in [2.24, 2.45) is 5.73 Å². The Morgan fingerprint density at radius 3 is 2.74 bits per heavy atom. The number of hydrogen-bond donors (Lipinski definition) is 3. The lowest BCUT2D eigenvalue weighted by Gasteiger charge is -2.22. The van der Waals surface area contributed by atoms with E-state index in [1.54, 1.807) is 6.92 Å². The van der Waals surface area contributed by atoms with Crippen LogP contribution < -0.4 is 15.8 Å². The maximum Gasteiger partial charge on any atom is 0.264 e. The first-order valence-corrected chi connectivity index (χ1v) is 6.84. The van der Waals surface area contributed by atoms with Crippen LogP contribution in [0.25, 0.3) is 0 Å². The smallest absolute Gasteiger partial charge is 0.264 e. The van der Waals surface area contributed by atoms with Gasteiger partial charge in [-0.2, -0.15) is 0 Å². The number of nitrogens with two attached hydrogens (primary N) is 1. The first kappa shape index (κ1) is 15.9. The number of aliphatic hydroxyl groups is 1. The Morgan fingerprint density at radius 2 is 2.21 bits per heavy atom. The molecule has 0 saturated carbocycles. The normalized spacial score (nSPS) is 13.3. The molecule has 1 amide bonds. The molecule has 0 aliphatic rings. The lowest BCUT2D eigenvalue weighted by atomic mass is 10.1. The van der Waals surface area contributed by atoms with Gasteiger partial charge in [0, 0.05) is 12.1 Å². The van der Waals surface area contributed by atoms with Crippen molar-refractivity contribution in [3.63, 3.8) is 0 Å². The molecule has 0 saturated heterocycles. The quantitative estimate of drug-likeness (QED) is 0.715. The highest BCUT2D eigenvalue weighted by atomic mass is 32.1. The van der Waals surface area contributed by atoms with Gasteiger partial charge in [0.15, 0.2) is 4.88 Å². The molecule has 0 fully saturated rings. The van der Waals surface area contributed by atoms with Gasteiger partial charge in [-0.3, -0.25) is 4.79 Å². The van der Waals surface area contributed by atoms with Crippen molar-refractivity contribution in [2.75, 3.05) is 13.2 Å². The van der Waals surface area contributed by atoms with E-state index in [0.29, 0.717) is 11.6 Å². The highest BCUT2D eigenvalue weighted by Crippen LogP contribution is 2.24. The van der Waals surface area contributed by atoms with Crippen LogP contribution in [0.4, 0.5) is 0 Å². The van der Waals surface area contributed by atoms with E-state index in [9.17, 15) is 9.90 Å². The first-order chi connectivity index (χ1) is 8.69. The summed E-state index contributed by atoms with van der Waals surface area (Å²) in [6, 6.07) is 0. The van der Waals surface area contributed by atoms with Gasteiger partial charge in [-0.1, -0.05) is 0 Å². The van der Waals surface area contributed by atoms with Crippen LogP contribution in [0.3, 0.4) is 0 Å². The number of carbonyl (C=O) groups excluding carboxylic acids is 1. The van der Waals surface area contributed by atoms with Gasteiger partial charge in [-0.15, -0.1) is 11.3 Å². The van der Waals surface area contributed by atoms with Crippen molar-refractivity contribution in [1.29, 1.82) is 0 Å². The minimum absolute atomic E-state index is 0.0620. The van der Waals surface area contributed by atoms with Crippen LogP contribution in [-0.2, 0) is 0 Å². The number of aromatic nitrogens is 1. The van der Waals surface area contributed by atoms with E-state index < -0.39 is 12.0 Å². The van der Waals surface area contributed by atoms with Crippen LogP contribution in [0.5, 0.6) is 5.88 Å². The monoisotopic (exact) mass is 287 g/mol. The molecule has 0 radical (unpaired) electrons. The lowest BCUT2D eigenvalue weighted by molar-refractivity contribution is 0.0934. The van der Waals surface area contributed by atoms with Crippen molar-refractivity contribution >= 4 is 17.2 Å². The average molecular weight is 287 g/mol.